The molecule has 2 heterocycles. The van der Waals surface area contributed by atoms with E-state index >= 15 is 0 Å². The van der Waals surface area contributed by atoms with Crippen LogP contribution in [-0.2, 0) is 18.9 Å². The van der Waals surface area contributed by atoms with Crippen molar-refractivity contribution in [3.8, 4) is 0 Å². The molecule has 14 nitrogen and oxygen atoms in total. The molecule has 3 aliphatic rings. The van der Waals surface area contributed by atoms with Gasteiger partial charge in [-0.3, -0.25) is 0 Å². The van der Waals surface area contributed by atoms with Crippen molar-refractivity contribution < 1.29 is 49.6 Å². The summed E-state index contributed by atoms with van der Waals surface area (Å²) in [4.78, 5) is 0. The van der Waals surface area contributed by atoms with Gasteiger partial charge in [-0.15, -0.1) is 0 Å². The van der Waals surface area contributed by atoms with E-state index in [2.05, 4.69) is 0 Å². The van der Waals surface area contributed by atoms with Crippen LogP contribution in [0.1, 0.15) is 12.8 Å². The number of aliphatic hydroxyl groups excluding tert-OH is 6. The average Bonchev–Trinajstić information content (AvgIpc) is 2.77. The molecule has 1 saturated carbocycles. The Balaban J connectivity index is 1.66. The van der Waals surface area contributed by atoms with E-state index in [4.69, 9.17) is 41.9 Å². The van der Waals surface area contributed by atoms with Crippen molar-refractivity contribution >= 4 is 0 Å². The zero-order chi connectivity index (χ0) is 23.7. The molecule has 2 aliphatic heterocycles. The fraction of sp³-hybridized carbons (Fsp3) is 1.00. The maximum atomic E-state index is 10.3. The quantitative estimate of drug-likeness (QED) is 0.174. The van der Waals surface area contributed by atoms with Gasteiger partial charge in [0.1, 0.15) is 42.7 Å². The standard InChI is InChI=1S/C18H36N4O10/c19-3-9-13(25)15(27)16(28)18(31-9)30-8-2-7(5(20)1-6(8)21)29-17-14(26)11(22)12(24)10(4-23)32-17/h5-18,23-28H,1-4,19-22H2/t5-,6+,7-,8+,9-,10-,11+,12-,13-,14-,15+,16-,17+,18+/m1/s1. The minimum atomic E-state index is -1.54. The van der Waals surface area contributed by atoms with E-state index in [0.717, 1.165) is 0 Å². The van der Waals surface area contributed by atoms with Crippen LogP contribution in [-0.4, -0.2) is 129 Å². The molecule has 0 radical (unpaired) electrons. The molecule has 0 unspecified atom stereocenters. The SMILES string of the molecule is NC[C@H]1O[C@H](O[C@H]2C[C@@H](O[C@H]3O[C@H](CO)[C@@H](O)[C@H](N)[C@H]3O)[C@H](N)C[C@@H]2N)[C@H](O)[C@@H](O)[C@@H]1O. The number of ether oxygens (including phenoxy) is 4. The molecule has 0 aromatic carbocycles. The summed E-state index contributed by atoms with van der Waals surface area (Å²) >= 11 is 0. The normalized spacial score (nSPS) is 52.7. The van der Waals surface area contributed by atoms with Crippen molar-refractivity contribution in [2.45, 2.75) is 98.5 Å². The maximum Gasteiger partial charge on any atom is 0.186 e. The first-order valence-corrected chi connectivity index (χ1v) is 10.7. The van der Waals surface area contributed by atoms with Gasteiger partial charge in [-0.2, -0.15) is 0 Å². The van der Waals surface area contributed by atoms with Crippen LogP contribution in [0.25, 0.3) is 0 Å². The third kappa shape index (κ3) is 5.24. The molecule has 32 heavy (non-hydrogen) atoms. The first kappa shape index (κ1) is 26.1. The van der Waals surface area contributed by atoms with Gasteiger partial charge in [0.15, 0.2) is 12.6 Å². The lowest BCUT2D eigenvalue weighted by molar-refractivity contribution is -0.318. The van der Waals surface area contributed by atoms with E-state index in [1.807, 2.05) is 0 Å². The summed E-state index contributed by atoms with van der Waals surface area (Å²) in [5, 5.41) is 59.9. The van der Waals surface area contributed by atoms with E-state index in [0.29, 0.717) is 0 Å². The van der Waals surface area contributed by atoms with Crippen molar-refractivity contribution in [1.82, 2.24) is 0 Å². The molecule has 0 aromatic heterocycles. The van der Waals surface area contributed by atoms with Gasteiger partial charge >= 0.3 is 0 Å². The van der Waals surface area contributed by atoms with Gasteiger partial charge in [0.2, 0.25) is 0 Å². The fourth-order valence-corrected chi connectivity index (χ4v) is 4.31. The van der Waals surface area contributed by atoms with Gasteiger partial charge in [0.05, 0.1) is 24.9 Å². The molecule has 1 aliphatic carbocycles. The van der Waals surface area contributed by atoms with Crippen LogP contribution >= 0.6 is 0 Å². The van der Waals surface area contributed by atoms with Crippen molar-refractivity contribution in [3.63, 3.8) is 0 Å². The largest absolute Gasteiger partial charge is 0.394 e. The molecule has 14 atom stereocenters. The van der Waals surface area contributed by atoms with Crippen molar-refractivity contribution in [1.29, 1.82) is 0 Å². The molecule has 3 rings (SSSR count). The molecule has 0 spiro atoms. The van der Waals surface area contributed by atoms with Crippen LogP contribution in [0, 0.1) is 0 Å². The van der Waals surface area contributed by atoms with E-state index in [1.54, 1.807) is 0 Å². The first-order valence-electron chi connectivity index (χ1n) is 10.7. The van der Waals surface area contributed by atoms with Crippen LogP contribution in [0.4, 0.5) is 0 Å². The predicted octanol–water partition coefficient (Wildman–Crippen LogP) is -6.26. The van der Waals surface area contributed by atoms with Gasteiger partial charge in [-0.1, -0.05) is 0 Å². The van der Waals surface area contributed by atoms with Crippen LogP contribution in [0.5, 0.6) is 0 Å². The number of nitrogens with two attached hydrogens (primary N) is 4. The summed E-state index contributed by atoms with van der Waals surface area (Å²) in [5.74, 6) is 0. The monoisotopic (exact) mass is 468 g/mol. The number of rotatable bonds is 6. The number of hydrogen-bond acceptors (Lipinski definition) is 14. The molecule has 0 aromatic rings. The van der Waals surface area contributed by atoms with Crippen molar-refractivity contribution in [3.05, 3.63) is 0 Å². The lowest BCUT2D eigenvalue weighted by Gasteiger charge is -2.46. The highest BCUT2D eigenvalue weighted by Crippen LogP contribution is 2.30. The molecule has 3 fully saturated rings. The summed E-state index contributed by atoms with van der Waals surface area (Å²) in [7, 11) is 0. The predicted molar refractivity (Wildman–Crippen MR) is 106 cm³/mol. The fourth-order valence-electron chi connectivity index (χ4n) is 4.31. The Morgan fingerprint density at radius 1 is 0.688 bits per heavy atom. The Labute approximate surface area is 185 Å². The van der Waals surface area contributed by atoms with Crippen LogP contribution in [0.15, 0.2) is 0 Å². The highest BCUT2D eigenvalue weighted by molar-refractivity contribution is 4.97. The van der Waals surface area contributed by atoms with E-state index in [-0.39, 0.29) is 19.4 Å². The molecule has 14 heteroatoms. The Bertz CT molecular complexity index is 556. The minimum Gasteiger partial charge on any atom is -0.394 e. The van der Waals surface area contributed by atoms with Crippen molar-refractivity contribution in [2.75, 3.05) is 13.2 Å². The Hall–Kier alpha value is -0.560. The van der Waals surface area contributed by atoms with E-state index in [1.165, 1.54) is 0 Å². The number of aliphatic hydroxyl groups is 6. The third-order valence-corrected chi connectivity index (χ3v) is 6.42. The summed E-state index contributed by atoms with van der Waals surface area (Å²) < 4.78 is 22.6. The minimum absolute atomic E-state index is 0.104. The van der Waals surface area contributed by atoms with E-state index in [9.17, 15) is 30.6 Å². The molecule has 0 amide bonds. The summed E-state index contributed by atoms with van der Waals surface area (Å²) in [6.07, 6.45) is -12.7. The summed E-state index contributed by atoms with van der Waals surface area (Å²) in [5.41, 5.74) is 23.7. The molecule has 2 saturated heterocycles. The van der Waals surface area contributed by atoms with Gasteiger partial charge in [-0.05, 0) is 6.42 Å². The van der Waals surface area contributed by atoms with Gasteiger partial charge in [-0.25, -0.2) is 0 Å². The second kappa shape index (κ2) is 10.8. The molecular formula is C18H36N4O10. The average molecular weight is 469 g/mol. The zero-order valence-corrected chi connectivity index (χ0v) is 17.5. The highest BCUT2D eigenvalue weighted by Gasteiger charge is 2.48. The van der Waals surface area contributed by atoms with Crippen molar-refractivity contribution in [2.24, 2.45) is 22.9 Å². The molecular weight excluding hydrogens is 432 g/mol. The topological polar surface area (TPSA) is 262 Å². The van der Waals surface area contributed by atoms with Gasteiger partial charge in [0, 0.05) is 25.0 Å². The molecule has 14 N–H and O–H groups in total. The van der Waals surface area contributed by atoms with Gasteiger partial charge in [0.25, 0.3) is 0 Å². The lowest BCUT2D eigenvalue weighted by Crippen LogP contribution is -2.65. The third-order valence-electron chi connectivity index (χ3n) is 6.42. The zero-order valence-electron chi connectivity index (χ0n) is 17.5. The molecule has 0 bridgehead atoms. The van der Waals surface area contributed by atoms with Crippen LogP contribution < -0.4 is 22.9 Å². The lowest BCUT2D eigenvalue weighted by atomic mass is 9.86. The Morgan fingerprint density at radius 2 is 1.22 bits per heavy atom. The number of hydrogen-bond donors (Lipinski definition) is 10. The smallest absolute Gasteiger partial charge is 0.186 e. The Kier molecular flexibility index (Phi) is 8.79. The van der Waals surface area contributed by atoms with Crippen LogP contribution in [0.3, 0.4) is 0 Å². The second-order valence-electron chi connectivity index (χ2n) is 8.68. The maximum absolute atomic E-state index is 10.3. The van der Waals surface area contributed by atoms with Crippen LogP contribution in [0.2, 0.25) is 0 Å². The highest BCUT2D eigenvalue weighted by atomic mass is 16.7. The van der Waals surface area contributed by atoms with E-state index < -0.39 is 92.2 Å². The Morgan fingerprint density at radius 3 is 1.75 bits per heavy atom. The summed E-state index contributed by atoms with van der Waals surface area (Å²) in [6, 6.07) is -2.22. The van der Waals surface area contributed by atoms with Gasteiger partial charge < -0.3 is 72.5 Å². The summed E-state index contributed by atoms with van der Waals surface area (Å²) in [6.45, 7) is -0.630. The first-order chi connectivity index (χ1) is 15.1. The molecule has 188 valence electrons. The second-order valence-corrected chi connectivity index (χ2v) is 8.68.